The van der Waals surface area contributed by atoms with E-state index in [0.717, 1.165) is 0 Å². The van der Waals surface area contributed by atoms with Crippen LogP contribution in [0.5, 0.6) is 0 Å². The van der Waals surface area contributed by atoms with E-state index < -0.39 is 23.9 Å². The van der Waals surface area contributed by atoms with E-state index in [1.54, 1.807) is 30.3 Å². The summed E-state index contributed by atoms with van der Waals surface area (Å²) in [7, 11) is 1.24. The lowest BCUT2D eigenvalue weighted by molar-refractivity contribution is -0.145. The molecule has 0 unspecified atom stereocenters. The Morgan fingerprint density at radius 3 is 2.69 bits per heavy atom. The number of halogens is 1. The maximum atomic E-state index is 13.2. The Morgan fingerprint density at radius 1 is 1.11 bits per heavy atom. The standard InChI is InChI=1S/C25H28FN5O5/c1-36-24(34)20(11-4-5-14-27-25(35)28-17-8-6-7-16(26)15-17)30-22(32)13-12-21-29-19-10-3-2-9-18(19)23(33)31-21/h2-3,6-10,15,20H,4-5,11-14H2,1H3,(H,30,32)(H2,27,28,35)(H,29,31,33)/t20-/m0/s1. The number of ether oxygens (including phenoxy) is 1. The first-order valence-electron chi connectivity index (χ1n) is 11.5. The summed E-state index contributed by atoms with van der Waals surface area (Å²) >= 11 is 0. The quantitative estimate of drug-likeness (QED) is 0.237. The van der Waals surface area contributed by atoms with Gasteiger partial charge in [-0.2, -0.15) is 0 Å². The van der Waals surface area contributed by atoms with E-state index in [1.165, 1.54) is 25.3 Å². The number of hydrogen-bond donors (Lipinski definition) is 4. The number of aryl methyl sites for hydroxylation is 1. The van der Waals surface area contributed by atoms with E-state index in [1.807, 2.05) is 0 Å². The second kappa shape index (κ2) is 13.0. The maximum absolute atomic E-state index is 13.2. The van der Waals surface area contributed by atoms with E-state index in [-0.39, 0.29) is 24.3 Å². The molecule has 0 radical (unpaired) electrons. The number of rotatable bonds is 11. The second-order valence-electron chi connectivity index (χ2n) is 8.06. The Morgan fingerprint density at radius 2 is 1.92 bits per heavy atom. The molecule has 0 fully saturated rings. The molecule has 4 N–H and O–H groups in total. The molecule has 1 aromatic heterocycles. The Hall–Kier alpha value is -4.28. The van der Waals surface area contributed by atoms with Crippen LogP contribution >= 0.6 is 0 Å². The number of amides is 3. The Labute approximate surface area is 206 Å². The number of esters is 1. The van der Waals surface area contributed by atoms with Gasteiger partial charge in [0, 0.05) is 25.1 Å². The molecule has 3 amide bonds. The maximum Gasteiger partial charge on any atom is 0.328 e. The van der Waals surface area contributed by atoms with Gasteiger partial charge >= 0.3 is 12.0 Å². The molecule has 0 aliphatic rings. The molecule has 0 saturated carbocycles. The van der Waals surface area contributed by atoms with Gasteiger partial charge in [0.25, 0.3) is 5.56 Å². The predicted octanol–water partition coefficient (Wildman–Crippen LogP) is 2.64. The molecule has 3 rings (SSSR count). The monoisotopic (exact) mass is 497 g/mol. The summed E-state index contributed by atoms with van der Waals surface area (Å²) in [5.41, 5.74) is 0.605. The molecular weight excluding hydrogens is 469 g/mol. The van der Waals surface area contributed by atoms with Crippen molar-refractivity contribution in [1.82, 2.24) is 20.6 Å². The average molecular weight is 498 g/mol. The van der Waals surface area contributed by atoms with Crippen molar-refractivity contribution < 1.29 is 23.5 Å². The van der Waals surface area contributed by atoms with Gasteiger partial charge in [0.15, 0.2) is 0 Å². The number of benzene rings is 2. The number of methoxy groups -OCH3 is 1. The molecule has 2 aromatic carbocycles. The highest BCUT2D eigenvalue weighted by molar-refractivity contribution is 5.89. The van der Waals surface area contributed by atoms with E-state index in [2.05, 4.69) is 25.9 Å². The fraction of sp³-hybridized carbons (Fsp3) is 0.320. The van der Waals surface area contributed by atoms with Gasteiger partial charge in [-0.05, 0) is 49.6 Å². The van der Waals surface area contributed by atoms with Crippen molar-refractivity contribution in [3.8, 4) is 0 Å². The number of aromatic amines is 1. The van der Waals surface area contributed by atoms with Gasteiger partial charge in [-0.25, -0.2) is 19.0 Å². The van der Waals surface area contributed by atoms with Crippen LogP contribution in [0.3, 0.4) is 0 Å². The largest absolute Gasteiger partial charge is 0.467 e. The molecule has 0 aliphatic carbocycles. The van der Waals surface area contributed by atoms with Crippen molar-refractivity contribution in [2.45, 2.75) is 38.1 Å². The highest BCUT2D eigenvalue weighted by atomic mass is 19.1. The summed E-state index contributed by atoms with van der Waals surface area (Å²) in [5.74, 6) is -1.03. The summed E-state index contributed by atoms with van der Waals surface area (Å²) in [6, 6.07) is 11.1. The van der Waals surface area contributed by atoms with Crippen molar-refractivity contribution in [1.29, 1.82) is 0 Å². The molecule has 0 saturated heterocycles. The van der Waals surface area contributed by atoms with Crippen LogP contribution in [0.25, 0.3) is 10.9 Å². The number of carbonyl (C=O) groups excluding carboxylic acids is 3. The number of nitrogens with one attached hydrogen (secondary N) is 4. The lowest BCUT2D eigenvalue weighted by Crippen LogP contribution is -2.41. The zero-order valence-electron chi connectivity index (χ0n) is 19.8. The fourth-order valence-electron chi connectivity index (χ4n) is 3.56. The third kappa shape index (κ3) is 7.90. The summed E-state index contributed by atoms with van der Waals surface area (Å²) in [6.07, 6.45) is 1.61. The highest BCUT2D eigenvalue weighted by Crippen LogP contribution is 2.09. The number of H-pyrrole nitrogens is 1. The first-order valence-corrected chi connectivity index (χ1v) is 11.5. The zero-order valence-corrected chi connectivity index (χ0v) is 19.8. The lowest BCUT2D eigenvalue weighted by atomic mass is 10.1. The van der Waals surface area contributed by atoms with Crippen molar-refractivity contribution in [3.63, 3.8) is 0 Å². The van der Waals surface area contributed by atoms with Gasteiger partial charge in [-0.1, -0.05) is 18.2 Å². The van der Waals surface area contributed by atoms with Gasteiger partial charge < -0.3 is 25.7 Å². The second-order valence-corrected chi connectivity index (χ2v) is 8.06. The summed E-state index contributed by atoms with van der Waals surface area (Å²) in [6.45, 7) is 0.323. The Bertz CT molecular complexity index is 1280. The topological polar surface area (TPSA) is 142 Å². The van der Waals surface area contributed by atoms with Gasteiger partial charge in [0.1, 0.15) is 17.7 Å². The van der Waals surface area contributed by atoms with E-state index in [9.17, 15) is 23.6 Å². The van der Waals surface area contributed by atoms with Crippen molar-refractivity contribution in [2.75, 3.05) is 19.0 Å². The fourth-order valence-corrected chi connectivity index (χ4v) is 3.56. The van der Waals surface area contributed by atoms with Crippen LogP contribution in [0, 0.1) is 5.82 Å². The normalized spacial score (nSPS) is 11.5. The molecule has 10 nitrogen and oxygen atoms in total. The van der Waals surface area contributed by atoms with Crippen LogP contribution in [0.15, 0.2) is 53.3 Å². The smallest absolute Gasteiger partial charge is 0.328 e. The minimum Gasteiger partial charge on any atom is -0.467 e. The number of aromatic nitrogens is 2. The van der Waals surface area contributed by atoms with Gasteiger partial charge in [-0.3, -0.25) is 9.59 Å². The number of carbonyl (C=O) groups is 3. The number of urea groups is 1. The third-order valence-electron chi connectivity index (χ3n) is 5.36. The van der Waals surface area contributed by atoms with Crippen LogP contribution in [0.2, 0.25) is 0 Å². The van der Waals surface area contributed by atoms with E-state index in [4.69, 9.17) is 4.74 Å². The van der Waals surface area contributed by atoms with Gasteiger partial charge in [0.05, 0.1) is 18.0 Å². The minimum absolute atomic E-state index is 0.0244. The van der Waals surface area contributed by atoms with Gasteiger partial charge in [0.2, 0.25) is 5.91 Å². The predicted molar refractivity (Wildman–Crippen MR) is 132 cm³/mol. The highest BCUT2D eigenvalue weighted by Gasteiger charge is 2.21. The van der Waals surface area contributed by atoms with E-state index in [0.29, 0.717) is 48.2 Å². The number of unbranched alkanes of at least 4 members (excludes halogenated alkanes) is 1. The van der Waals surface area contributed by atoms with Crippen LogP contribution < -0.4 is 21.5 Å². The van der Waals surface area contributed by atoms with Crippen molar-refractivity contribution in [2.24, 2.45) is 0 Å². The Balaban J connectivity index is 1.42. The first kappa shape index (κ1) is 26.3. The molecular formula is C25H28FN5O5. The first-order chi connectivity index (χ1) is 17.4. The van der Waals surface area contributed by atoms with Crippen LogP contribution in [-0.2, 0) is 20.7 Å². The SMILES string of the molecule is COC(=O)[C@H](CCCCNC(=O)Nc1cccc(F)c1)NC(=O)CCc1nc2ccccc2c(=O)[nH]1. The molecule has 0 spiro atoms. The minimum atomic E-state index is -0.841. The number of hydrogen-bond acceptors (Lipinski definition) is 6. The Kier molecular flexibility index (Phi) is 9.49. The summed E-state index contributed by atoms with van der Waals surface area (Å²) in [4.78, 5) is 55.7. The molecule has 3 aromatic rings. The number of nitrogens with zero attached hydrogens (tertiary/aromatic N) is 1. The summed E-state index contributed by atoms with van der Waals surface area (Å²) < 4.78 is 18.0. The molecule has 11 heteroatoms. The van der Waals surface area contributed by atoms with Crippen LogP contribution in [0.1, 0.15) is 31.5 Å². The molecule has 0 aliphatic heterocycles. The molecule has 1 heterocycles. The number of para-hydroxylation sites is 1. The van der Waals surface area contributed by atoms with Crippen LogP contribution in [0.4, 0.5) is 14.9 Å². The van der Waals surface area contributed by atoms with Gasteiger partial charge in [-0.15, -0.1) is 0 Å². The van der Waals surface area contributed by atoms with Crippen LogP contribution in [-0.4, -0.2) is 47.6 Å². The van der Waals surface area contributed by atoms with Crippen molar-refractivity contribution in [3.05, 3.63) is 70.5 Å². The third-order valence-corrected chi connectivity index (χ3v) is 5.36. The number of fused-ring (bicyclic) bond motifs is 1. The molecule has 36 heavy (non-hydrogen) atoms. The number of anilines is 1. The molecule has 0 bridgehead atoms. The average Bonchev–Trinajstić information content (AvgIpc) is 2.86. The molecule has 1 atom stereocenters. The van der Waals surface area contributed by atoms with Crippen molar-refractivity contribution >= 4 is 34.5 Å². The lowest BCUT2D eigenvalue weighted by Gasteiger charge is -2.16. The van der Waals surface area contributed by atoms with E-state index >= 15 is 0 Å². The zero-order chi connectivity index (χ0) is 25.9. The molecule has 190 valence electrons. The summed E-state index contributed by atoms with van der Waals surface area (Å²) in [5, 5.41) is 8.31.